The van der Waals surface area contributed by atoms with E-state index in [0.717, 1.165) is 11.3 Å². The maximum Gasteiger partial charge on any atom is 0.186 e. The topological polar surface area (TPSA) is 66.6 Å². The van der Waals surface area contributed by atoms with E-state index in [1.807, 2.05) is 23.6 Å². The maximum atomic E-state index is 12.5. The molecule has 0 aliphatic heterocycles. The fourth-order valence-electron chi connectivity index (χ4n) is 2.11. The van der Waals surface area contributed by atoms with Gasteiger partial charge in [-0.3, -0.25) is 9.78 Å². The van der Waals surface area contributed by atoms with Gasteiger partial charge in [-0.25, -0.2) is 4.98 Å². The van der Waals surface area contributed by atoms with Crippen LogP contribution < -0.4 is 0 Å². The zero-order chi connectivity index (χ0) is 16.2. The van der Waals surface area contributed by atoms with Gasteiger partial charge in [0.15, 0.2) is 11.7 Å². The van der Waals surface area contributed by atoms with Crippen molar-refractivity contribution < 1.29 is 4.79 Å². The summed E-state index contributed by atoms with van der Waals surface area (Å²) in [5.41, 5.74) is 2.03. The molecular formula is C17H10ClN3OS. The van der Waals surface area contributed by atoms with Crippen molar-refractivity contribution >= 4 is 28.7 Å². The standard InChI is InChI=1S/C17H10ClN3OS/c18-13-3-1-2-12(8-13)16(22)14(9-19)17-21-15(10-23-17)11-4-6-20-7-5-11/h1-8,10,14H/t14-/m1/s1. The van der Waals surface area contributed by atoms with E-state index in [1.165, 1.54) is 11.3 Å². The van der Waals surface area contributed by atoms with Crippen molar-refractivity contribution in [3.8, 4) is 17.3 Å². The van der Waals surface area contributed by atoms with Crippen LogP contribution in [0.2, 0.25) is 5.02 Å². The first-order valence-corrected chi connectivity index (χ1v) is 8.00. The molecule has 1 aromatic carbocycles. The Morgan fingerprint density at radius 2 is 2.04 bits per heavy atom. The molecule has 0 N–H and O–H groups in total. The molecule has 0 saturated carbocycles. The summed E-state index contributed by atoms with van der Waals surface area (Å²) in [6.45, 7) is 0. The molecular weight excluding hydrogens is 330 g/mol. The molecule has 0 aliphatic rings. The molecule has 0 spiro atoms. The van der Waals surface area contributed by atoms with Gasteiger partial charge in [0.25, 0.3) is 0 Å². The summed E-state index contributed by atoms with van der Waals surface area (Å²) in [4.78, 5) is 20.9. The van der Waals surface area contributed by atoms with E-state index in [-0.39, 0.29) is 5.78 Å². The number of Topliss-reactive ketones (excluding diaryl/α,β-unsaturated/α-hetero) is 1. The number of nitrogens with zero attached hydrogens (tertiary/aromatic N) is 3. The van der Waals surface area contributed by atoms with Gasteiger partial charge < -0.3 is 0 Å². The van der Waals surface area contributed by atoms with Gasteiger partial charge in [0.05, 0.1) is 11.8 Å². The minimum atomic E-state index is -0.936. The molecule has 2 heterocycles. The first-order valence-electron chi connectivity index (χ1n) is 6.74. The number of pyridine rings is 1. The Kier molecular flexibility index (Phi) is 4.47. The average molecular weight is 340 g/mol. The Morgan fingerprint density at radius 3 is 2.74 bits per heavy atom. The number of nitriles is 1. The predicted molar refractivity (Wildman–Crippen MR) is 89.5 cm³/mol. The number of hydrogen-bond donors (Lipinski definition) is 0. The third-order valence-electron chi connectivity index (χ3n) is 3.25. The Balaban J connectivity index is 1.92. The Hall–Kier alpha value is -2.55. The van der Waals surface area contributed by atoms with Gasteiger partial charge in [-0.1, -0.05) is 23.7 Å². The molecule has 0 radical (unpaired) electrons. The molecule has 3 rings (SSSR count). The molecule has 3 aromatic rings. The Labute approximate surface area is 142 Å². The SMILES string of the molecule is N#C[C@H](C(=O)c1cccc(Cl)c1)c1nc(-c2ccncc2)cs1. The second-order valence-electron chi connectivity index (χ2n) is 4.74. The Bertz CT molecular complexity index is 886. The minimum absolute atomic E-state index is 0.300. The second kappa shape index (κ2) is 6.69. The van der Waals surface area contributed by atoms with E-state index in [4.69, 9.17) is 11.6 Å². The van der Waals surface area contributed by atoms with Crippen molar-refractivity contribution in [3.63, 3.8) is 0 Å². The number of thiazole rings is 1. The monoisotopic (exact) mass is 339 g/mol. The van der Waals surface area contributed by atoms with Crippen LogP contribution in [-0.2, 0) is 0 Å². The van der Waals surface area contributed by atoms with Crippen molar-refractivity contribution in [2.24, 2.45) is 0 Å². The zero-order valence-corrected chi connectivity index (χ0v) is 13.4. The summed E-state index contributed by atoms with van der Waals surface area (Å²) in [6.07, 6.45) is 3.35. The van der Waals surface area contributed by atoms with Gasteiger partial charge >= 0.3 is 0 Å². The maximum absolute atomic E-state index is 12.5. The fourth-order valence-corrected chi connectivity index (χ4v) is 3.17. The molecule has 0 saturated heterocycles. The summed E-state index contributed by atoms with van der Waals surface area (Å²) < 4.78 is 0. The highest BCUT2D eigenvalue weighted by molar-refractivity contribution is 7.10. The number of rotatable bonds is 4. The zero-order valence-electron chi connectivity index (χ0n) is 11.8. The van der Waals surface area contributed by atoms with Crippen LogP contribution in [0.15, 0.2) is 54.2 Å². The number of ketones is 1. The van der Waals surface area contributed by atoms with Gasteiger partial charge in [0.1, 0.15) is 5.01 Å². The first-order chi connectivity index (χ1) is 11.2. The minimum Gasteiger partial charge on any atom is -0.292 e. The van der Waals surface area contributed by atoms with Gasteiger partial charge in [0.2, 0.25) is 0 Å². The van der Waals surface area contributed by atoms with E-state index >= 15 is 0 Å². The summed E-state index contributed by atoms with van der Waals surface area (Å²) in [7, 11) is 0. The van der Waals surface area contributed by atoms with Crippen LogP contribution in [0.1, 0.15) is 21.3 Å². The number of halogens is 1. The van der Waals surface area contributed by atoms with E-state index in [2.05, 4.69) is 9.97 Å². The van der Waals surface area contributed by atoms with E-state index in [0.29, 0.717) is 15.6 Å². The number of benzene rings is 1. The van der Waals surface area contributed by atoms with Crippen LogP contribution in [0.5, 0.6) is 0 Å². The largest absolute Gasteiger partial charge is 0.292 e. The van der Waals surface area contributed by atoms with E-state index in [9.17, 15) is 10.1 Å². The lowest BCUT2D eigenvalue weighted by Crippen LogP contribution is -2.11. The highest BCUT2D eigenvalue weighted by Gasteiger charge is 2.25. The third kappa shape index (κ3) is 3.29. The van der Waals surface area contributed by atoms with Gasteiger partial charge in [-0.15, -0.1) is 11.3 Å². The molecule has 0 amide bonds. The fraction of sp³-hybridized carbons (Fsp3) is 0.0588. The summed E-state index contributed by atoms with van der Waals surface area (Å²) in [5, 5.41) is 12.2. The molecule has 0 fully saturated rings. The van der Waals surface area contributed by atoms with Gasteiger partial charge in [-0.05, 0) is 24.3 Å². The third-order valence-corrected chi connectivity index (χ3v) is 4.39. The van der Waals surface area contributed by atoms with Crippen LogP contribution in [0.4, 0.5) is 0 Å². The normalized spacial score (nSPS) is 11.7. The summed E-state index contributed by atoms with van der Waals surface area (Å²) >= 11 is 7.21. The van der Waals surface area contributed by atoms with Crippen molar-refractivity contribution in [2.75, 3.05) is 0 Å². The van der Waals surface area contributed by atoms with Crippen molar-refractivity contribution in [3.05, 3.63) is 69.8 Å². The Morgan fingerprint density at radius 1 is 1.26 bits per heavy atom. The van der Waals surface area contributed by atoms with Crippen molar-refractivity contribution in [1.82, 2.24) is 9.97 Å². The lowest BCUT2D eigenvalue weighted by Gasteiger charge is -2.05. The van der Waals surface area contributed by atoms with Crippen LogP contribution in [0.25, 0.3) is 11.3 Å². The van der Waals surface area contributed by atoms with Crippen LogP contribution in [-0.4, -0.2) is 15.8 Å². The molecule has 23 heavy (non-hydrogen) atoms. The first kappa shape index (κ1) is 15.3. The van der Waals surface area contributed by atoms with Crippen molar-refractivity contribution in [2.45, 2.75) is 5.92 Å². The smallest absolute Gasteiger partial charge is 0.186 e. The van der Waals surface area contributed by atoms with Crippen LogP contribution in [0, 0.1) is 11.3 Å². The highest BCUT2D eigenvalue weighted by Crippen LogP contribution is 2.28. The van der Waals surface area contributed by atoms with Crippen molar-refractivity contribution in [1.29, 1.82) is 5.26 Å². The molecule has 2 aromatic heterocycles. The molecule has 6 heteroatoms. The quantitative estimate of drug-likeness (QED) is 0.663. The lowest BCUT2D eigenvalue weighted by atomic mass is 9.99. The molecule has 0 aliphatic carbocycles. The van der Waals surface area contributed by atoms with Crippen LogP contribution in [0.3, 0.4) is 0 Å². The summed E-state index contributed by atoms with van der Waals surface area (Å²) in [5.74, 6) is -1.24. The van der Waals surface area contributed by atoms with Gasteiger partial charge in [-0.2, -0.15) is 5.26 Å². The number of hydrogen-bond acceptors (Lipinski definition) is 5. The number of aromatic nitrogens is 2. The van der Waals surface area contributed by atoms with Gasteiger partial charge in [0, 0.05) is 33.9 Å². The molecule has 4 nitrogen and oxygen atoms in total. The summed E-state index contributed by atoms with van der Waals surface area (Å²) in [6, 6.07) is 12.3. The second-order valence-corrected chi connectivity index (χ2v) is 6.07. The lowest BCUT2D eigenvalue weighted by molar-refractivity contribution is 0.0979. The predicted octanol–water partition coefficient (Wildman–Crippen LogP) is 4.35. The molecule has 0 unspecified atom stereocenters. The molecule has 0 bridgehead atoms. The molecule has 1 atom stereocenters. The number of carbonyl (C=O) groups excluding carboxylic acids is 1. The molecule has 112 valence electrons. The average Bonchev–Trinajstić information content (AvgIpc) is 3.06. The van der Waals surface area contributed by atoms with E-state index in [1.54, 1.807) is 36.7 Å². The highest BCUT2D eigenvalue weighted by atomic mass is 35.5. The van der Waals surface area contributed by atoms with Crippen LogP contribution >= 0.6 is 22.9 Å². The number of carbonyl (C=O) groups is 1. The van der Waals surface area contributed by atoms with E-state index < -0.39 is 5.92 Å².